The molecule has 0 radical (unpaired) electrons. The topological polar surface area (TPSA) is 35.6 Å². The first kappa shape index (κ1) is 25.2. The van der Waals surface area contributed by atoms with Gasteiger partial charge < -0.3 is 10.2 Å². The van der Waals surface area contributed by atoms with Gasteiger partial charge in [-0.05, 0) is 62.2 Å². The minimum absolute atomic E-state index is 0. The van der Waals surface area contributed by atoms with Gasteiger partial charge in [0, 0.05) is 33.1 Å². The highest BCUT2D eigenvalue weighted by atomic mass is 35.5. The molecule has 2 fully saturated rings. The zero-order valence-corrected chi connectivity index (χ0v) is 18.9. The fraction of sp³-hybridized carbons (Fsp3) is 0.682. The molecule has 2 unspecified atom stereocenters. The summed E-state index contributed by atoms with van der Waals surface area (Å²) in [5.41, 5.74) is 1.38. The number of nitrogens with one attached hydrogen (secondary N) is 1. The highest BCUT2D eigenvalue weighted by Crippen LogP contribution is 2.25. The van der Waals surface area contributed by atoms with E-state index in [2.05, 4.69) is 47.5 Å². The number of hydrogen-bond donors (Lipinski definition) is 1. The van der Waals surface area contributed by atoms with Crippen molar-refractivity contribution in [3.8, 4) is 0 Å². The SMILES string of the molecule is CC(CC(=O)N(C)CC1CCN(Cc2ccccc2)C1)C1CCNCC1.Cl.Cl. The molecule has 160 valence electrons. The van der Waals surface area contributed by atoms with Gasteiger partial charge in [0.15, 0.2) is 0 Å². The third-order valence-electron chi connectivity index (χ3n) is 6.26. The van der Waals surface area contributed by atoms with Crippen molar-refractivity contribution in [2.75, 3.05) is 39.8 Å². The van der Waals surface area contributed by atoms with Crippen LogP contribution in [0.3, 0.4) is 0 Å². The summed E-state index contributed by atoms with van der Waals surface area (Å²) in [7, 11) is 2.00. The average molecular weight is 430 g/mol. The molecule has 0 saturated carbocycles. The Bertz CT molecular complexity index is 566. The van der Waals surface area contributed by atoms with Gasteiger partial charge in [-0.15, -0.1) is 24.8 Å². The number of rotatable bonds is 7. The molecule has 2 aliphatic rings. The summed E-state index contributed by atoms with van der Waals surface area (Å²) in [5, 5.41) is 3.42. The van der Waals surface area contributed by atoms with Crippen LogP contribution < -0.4 is 5.32 Å². The maximum absolute atomic E-state index is 12.7. The first-order valence-corrected chi connectivity index (χ1v) is 10.3. The number of piperidine rings is 1. The normalized spacial score (nSPS) is 21.4. The summed E-state index contributed by atoms with van der Waals surface area (Å²) in [6.07, 6.45) is 4.35. The number of nitrogens with zero attached hydrogens (tertiary/aromatic N) is 2. The van der Waals surface area contributed by atoms with Crippen LogP contribution in [0.1, 0.15) is 38.2 Å². The van der Waals surface area contributed by atoms with Crippen LogP contribution in [0, 0.1) is 17.8 Å². The van der Waals surface area contributed by atoms with Crippen molar-refractivity contribution in [2.45, 2.75) is 39.2 Å². The molecule has 2 heterocycles. The number of carbonyl (C=O) groups excluding carboxylic acids is 1. The zero-order chi connectivity index (χ0) is 18.4. The van der Waals surface area contributed by atoms with Crippen molar-refractivity contribution in [1.29, 1.82) is 0 Å². The van der Waals surface area contributed by atoms with E-state index < -0.39 is 0 Å². The van der Waals surface area contributed by atoms with Gasteiger partial charge in [-0.2, -0.15) is 0 Å². The molecule has 0 spiro atoms. The average Bonchev–Trinajstić information content (AvgIpc) is 3.10. The maximum Gasteiger partial charge on any atom is 0.222 e. The van der Waals surface area contributed by atoms with Crippen molar-refractivity contribution in [3.05, 3.63) is 35.9 Å². The molecule has 0 aromatic heterocycles. The van der Waals surface area contributed by atoms with E-state index in [1.54, 1.807) is 0 Å². The fourth-order valence-corrected chi connectivity index (χ4v) is 4.55. The number of hydrogen-bond acceptors (Lipinski definition) is 3. The summed E-state index contributed by atoms with van der Waals surface area (Å²) in [6.45, 7) is 8.67. The molecule has 1 N–H and O–H groups in total. The molecule has 0 aliphatic carbocycles. The van der Waals surface area contributed by atoms with Gasteiger partial charge in [0.05, 0.1) is 0 Å². The van der Waals surface area contributed by atoms with E-state index in [1.807, 2.05) is 11.9 Å². The molecule has 1 aromatic rings. The zero-order valence-electron chi connectivity index (χ0n) is 17.3. The second-order valence-electron chi connectivity index (χ2n) is 8.42. The van der Waals surface area contributed by atoms with Gasteiger partial charge in [-0.25, -0.2) is 0 Å². The molecule has 6 heteroatoms. The maximum atomic E-state index is 12.7. The quantitative estimate of drug-likeness (QED) is 0.714. The van der Waals surface area contributed by atoms with Gasteiger partial charge in [0.1, 0.15) is 0 Å². The Morgan fingerprint density at radius 3 is 2.54 bits per heavy atom. The van der Waals surface area contributed by atoms with Gasteiger partial charge in [0.2, 0.25) is 5.91 Å². The lowest BCUT2D eigenvalue weighted by Gasteiger charge is -2.29. The standard InChI is InChI=1S/C22H35N3O.2ClH/c1-18(21-8-11-23-12-9-21)14-22(26)24(2)15-20-10-13-25(17-20)16-19-6-4-3-5-7-19;;/h3-7,18,20-21,23H,8-17H2,1-2H3;2*1H. The summed E-state index contributed by atoms with van der Waals surface area (Å²) in [5.74, 6) is 2.16. The van der Waals surface area contributed by atoms with Crippen LogP contribution in [0.25, 0.3) is 0 Å². The Morgan fingerprint density at radius 1 is 1.18 bits per heavy atom. The van der Waals surface area contributed by atoms with E-state index in [0.29, 0.717) is 30.1 Å². The molecule has 2 aliphatic heterocycles. The van der Waals surface area contributed by atoms with Gasteiger partial charge in [-0.3, -0.25) is 9.69 Å². The Morgan fingerprint density at radius 2 is 1.86 bits per heavy atom. The van der Waals surface area contributed by atoms with E-state index in [-0.39, 0.29) is 24.8 Å². The molecule has 2 atom stereocenters. The van der Waals surface area contributed by atoms with E-state index in [1.165, 1.54) is 24.8 Å². The van der Waals surface area contributed by atoms with Crippen LogP contribution in [0.4, 0.5) is 0 Å². The number of amides is 1. The fourth-order valence-electron chi connectivity index (χ4n) is 4.55. The Kier molecular flexibility index (Phi) is 11.4. The van der Waals surface area contributed by atoms with Crippen molar-refractivity contribution in [2.24, 2.45) is 17.8 Å². The van der Waals surface area contributed by atoms with Crippen LogP contribution >= 0.6 is 24.8 Å². The first-order chi connectivity index (χ1) is 12.6. The van der Waals surface area contributed by atoms with Crippen molar-refractivity contribution < 1.29 is 4.79 Å². The number of carbonyl (C=O) groups is 1. The largest absolute Gasteiger partial charge is 0.345 e. The minimum Gasteiger partial charge on any atom is -0.345 e. The Balaban J connectivity index is 0.00000196. The van der Waals surface area contributed by atoms with Gasteiger partial charge >= 0.3 is 0 Å². The van der Waals surface area contributed by atoms with Crippen LogP contribution in [-0.4, -0.2) is 55.5 Å². The number of benzene rings is 1. The molecule has 1 amide bonds. The highest BCUT2D eigenvalue weighted by Gasteiger charge is 2.27. The molecule has 4 nitrogen and oxygen atoms in total. The molecule has 28 heavy (non-hydrogen) atoms. The Hall–Kier alpha value is -0.810. The molecule has 3 rings (SSSR count). The molecular weight excluding hydrogens is 393 g/mol. The summed E-state index contributed by atoms with van der Waals surface area (Å²) in [4.78, 5) is 17.2. The predicted molar refractivity (Wildman–Crippen MR) is 121 cm³/mol. The minimum atomic E-state index is 0. The van der Waals surface area contributed by atoms with Gasteiger partial charge in [-0.1, -0.05) is 37.3 Å². The highest BCUT2D eigenvalue weighted by molar-refractivity contribution is 5.85. The van der Waals surface area contributed by atoms with Crippen LogP contribution in [0.5, 0.6) is 0 Å². The van der Waals surface area contributed by atoms with Crippen molar-refractivity contribution in [3.63, 3.8) is 0 Å². The van der Waals surface area contributed by atoms with Crippen molar-refractivity contribution in [1.82, 2.24) is 15.1 Å². The second kappa shape index (κ2) is 12.7. The predicted octanol–water partition coefficient (Wildman–Crippen LogP) is 3.84. The van der Waals surface area contributed by atoms with Crippen molar-refractivity contribution >= 4 is 30.7 Å². The Labute approximate surface area is 183 Å². The van der Waals surface area contributed by atoms with E-state index in [4.69, 9.17) is 0 Å². The smallest absolute Gasteiger partial charge is 0.222 e. The van der Waals surface area contributed by atoms with Crippen LogP contribution in [0.15, 0.2) is 30.3 Å². The summed E-state index contributed by atoms with van der Waals surface area (Å²) >= 11 is 0. The lowest BCUT2D eigenvalue weighted by Crippen LogP contribution is -2.36. The van der Waals surface area contributed by atoms with E-state index in [9.17, 15) is 4.79 Å². The lowest BCUT2D eigenvalue weighted by molar-refractivity contribution is -0.131. The molecule has 0 bridgehead atoms. The lowest BCUT2D eigenvalue weighted by atomic mass is 9.84. The molecule has 1 aromatic carbocycles. The monoisotopic (exact) mass is 429 g/mol. The van der Waals surface area contributed by atoms with Crippen LogP contribution in [0.2, 0.25) is 0 Å². The molecule has 2 saturated heterocycles. The third kappa shape index (κ3) is 7.55. The summed E-state index contributed by atoms with van der Waals surface area (Å²) < 4.78 is 0. The molecular formula is C22H37Cl2N3O. The van der Waals surface area contributed by atoms with E-state index >= 15 is 0 Å². The third-order valence-corrected chi connectivity index (χ3v) is 6.26. The summed E-state index contributed by atoms with van der Waals surface area (Å²) in [6, 6.07) is 10.7. The van der Waals surface area contributed by atoms with E-state index in [0.717, 1.165) is 39.3 Å². The van der Waals surface area contributed by atoms with Crippen LogP contribution in [-0.2, 0) is 11.3 Å². The second-order valence-corrected chi connectivity index (χ2v) is 8.42. The number of likely N-dealkylation sites (tertiary alicyclic amines) is 1. The van der Waals surface area contributed by atoms with Gasteiger partial charge in [0.25, 0.3) is 0 Å². The number of halogens is 2. The first-order valence-electron chi connectivity index (χ1n) is 10.3.